The summed E-state index contributed by atoms with van der Waals surface area (Å²) in [5, 5.41) is 0. The minimum absolute atomic E-state index is 0.497. The van der Waals surface area contributed by atoms with Gasteiger partial charge in [-0.15, -0.1) is 0 Å². The molecular formula is C17H33N. The predicted octanol–water partition coefficient (Wildman–Crippen LogP) is 4.89. The van der Waals surface area contributed by atoms with Gasteiger partial charge in [0.2, 0.25) is 0 Å². The molecule has 2 saturated carbocycles. The van der Waals surface area contributed by atoms with Crippen molar-refractivity contribution in [2.75, 3.05) is 0 Å². The highest BCUT2D eigenvalue weighted by Gasteiger charge is 2.28. The first-order valence-electron chi connectivity index (χ1n) is 8.56. The van der Waals surface area contributed by atoms with E-state index in [1.807, 2.05) is 0 Å². The fraction of sp³-hybridized carbons (Fsp3) is 1.00. The zero-order valence-electron chi connectivity index (χ0n) is 12.4. The molecule has 0 aromatic carbocycles. The lowest BCUT2D eigenvalue weighted by Gasteiger charge is -2.36. The van der Waals surface area contributed by atoms with Crippen molar-refractivity contribution in [2.24, 2.45) is 23.5 Å². The van der Waals surface area contributed by atoms with Crippen LogP contribution in [0.1, 0.15) is 84.0 Å². The van der Waals surface area contributed by atoms with Crippen molar-refractivity contribution in [3.8, 4) is 0 Å². The molecule has 0 amide bonds. The van der Waals surface area contributed by atoms with E-state index in [1.54, 1.807) is 0 Å². The lowest BCUT2D eigenvalue weighted by atomic mass is 9.72. The van der Waals surface area contributed by atoms with E-state index < -0.39 is 0 Å². The van der Waals surface area contributed by atoms with Gasteiger partial charge in [0.15, 0.2) is 0 Å². The van der Waals surface area contributed by atoms with Crippen LogP contribution in [0.2, 0.25) is 0 Å². The molecular weight excluding hydrogens is 218 g/mol. The SMILES string of the molecule is CCC1CCCCC1C(N)CCC1CCCCC1. The summed E-state index contributed by atoms with van der Waals surface area (Å²) in [6, 6.07) is 0.497. The van der Waals surface area contributed by atoms with Gasteiger partial charge in [-0.2, -0.15) is 0 Å². The van der Waals surface area contributed by atoms with Gasteiger partial charge in [0.1, 0.15) is 0 Å². The molecule has 18 heavy (non-hydrogen) atoms. The highest BCUT2D eigenvalue weighted by molar-refractivity contribution is 4.83. The van der Waals surface area contributed by atoms with Gasteiger partial charge in [-0.3, -0.25) is 0 Å². The number of rotatable bonds is 5. The van der Waals surface area contributed by atoms with E-state index in [0.717, 1.165) is 17.8 Å². The molecule has 3 atom stereocenters. The third kappa shape index (κ3) is 3.98. The van der Waals surface area contributed by atoms with Gasteiger partial charge in [0.25, 0.3) is 0 Å². The van der Waals surface area contributed by atoms with Crippen LogP contribution in [0.4, 0.5) is 0 Å². The highest BCUT2D eigenvalue weighted by Crippen LogP contribution is 2.36. The Kier molecular flexibility index (Phi) is 6.01. The number of hydrogen-bond acceptors (Lipinski definition) is 1. The van der Waals surface area contributed by atoms with Gasteiger partial charge in [-0.25, -0.2) is 0 Å². The summed E-state index contributed by atoms with van der Waals surface area (Å²) >= 11 is 0. The average molecular weight is 251 g/mol. The van der Waals surface area contributed by atoms with Crippen LogP contribution in [-0.2, 0) is 0 Å². The molecule has 1 nitrogen and oxygen atoms in total. The zero-order chi connectivity index (χ0) is 12.8. The van der Waals surface area contributed by atoms with E-state index in [0.29, 0.717) is 6.04 Å². The number of hydrogen-bond donors (Lipinski definition) is 1. The summed E-state index contributed by atoms with van der Waals surface area (Å²) < 4.78 is 0. The van der Waals surface area contributed by atoms with E-state index in [4.69, 9.17) is 5.73 Å². The summed E-state index contributed by atoms with van der Waals surface area (Å²) in [5.74, 6) is 2.78. The lowest BCUT2D eigenvalue weighted by molar-refractivity contribution is 0.181. The molecule has 2 aliphatic rings. The molecule has 0 saturated heterocycles. The summed E-state index contributed by atoms with van der Waals surface area (Å²) in [7, 11) is 0. The Morgan fingerprint density at radius 3 is 2.33 bits per heavy atom. The first-order valence-corrected chi connectivity index (χ1v) is 8.56. The summed E-state index contributed by atoms with van der Waals surface area (Å²) in [4.78, 5) is 0. The molecule has 0 aliphatic heterocycles. The Hall–Kier alpha value is -0.0400. The molecule has 0 heterocycles. The first kappa shape index (κ1) is 14.4. The van der Waals surface area contributed by atoms with E-state index in [9.17, 15) is 0 Å². The largest absolute Gasteiger partial charge is 0.327 e. The second-order valence-electron chi connectivity index (χ2n) is 6.86. The maximum Gasteiger partial charge on any atom is 0.00699 e. The van der Waals surface area contributed by atoms with Gasteiger partial charge in [0, 0.05) is 6.04 Å². The van der Waals surface area contributed by atoms with Gasteiger partial charge >= 0.3 is 0 Å². The van der Waals surface area contributed by atoms with Crippen molar-refractivity contribution in [1.82, 2.24) is 0 Å². The highest BCUT2D eigenvalue weighted by atomic mass is 14.7. The second kappa shape index (κ2) is 7.53. The van der Waals surface area contributed by atoms with Gasteiger partial charge in [-0.1, -0.05) is 64.7 Å². The summed E-state index contributed by atoms with van der Waals surface area (Å²) in [5.41, 5.74) is 6.53. The second-order valence-corrected chi connectivity index (χ2v) is 6.86. The fourth-order valence-corrected chi connectivity index (χ4v) is 4.42. The summed E-state index contributed by atoms with van der Waals surface area (Å²) in [6.07, 6.45) is 17.2. The van der Waals surface area contributed by atoms with Crippen LogP contribution in [0.5, 0.6) is 0 Å². The first-order chi connectivity index (χ1) is 8.81. The minimum Gasteiger partial charge on any atom is -0.327 e. The predicted molar refractivity (Wildman–Crippen MR) is 79.5 cm³/mol. The standard InChI is InChI=1S/C17H33N/c1-2-15-10-6-7-11-16(15)17(18)13-12-14-8-4-3-5-9-14/h14-17H,2-13,18H2,1H3. The van der Waals surface area contributed by atoms with Crippen LogP contribution >= 0.6 is 0 Å². The molecule has 2 N–H and O–H groups in total. The van der Waals surface area contributed by atoms with Crippen LogP contribution in [-0.4, -0.2) is 6.04 Å². The van der Waals surface area contributed by atoms with Gasteiger partial charge < -0.3 is 5.73 Å². The smallest absolute Gasteiger partial charge is 0.00699 e. The molecule has 0 radical (unpaired) electrons. The molecule has 106 valence electrons. The Morgan fingerprint density at radius 1 is 0.944 bits per heavy atom. The molecule has 2 aliphatic carbocycles. The maximum absolute atomic E-state index is 6.53. The fourth-order valence-electron chi connectivity index (χ4n) is 4.42. The maximum atomic E-state index is 6.53. The van der Waals surface area contributed by atoms with Crippen molar-refractivity contribution < 1.29 is 0 Å². The zero-order valence-corrected chi connectivity index (χ0v) is 12.4. The van der Waals surface area contributed by atoms with E-state index in [-0.39, 0.29) is 0 Å². The molecule has 2 fully saturated rings. The van der Waals surface area contributed by atoms with Crippen molar-refractivity contribution in [1.29, 1.82) is 0 Å². The normalized spacial score (nSPS) is 32.3. The van der Waals surface area contributed by atoms with Crippen molar-refractivity contribution in [3.05, 3.63) is 0 Å². The van der Waals surface area contributed by atoms with Crippen LogP contribution in [0.15, 0.2) is 0 Å². The van der Waals surface area contributed by atoms with Crippen molar-refractivity contribution in [3.63, 3.8) is 0 Å². The Balaban J connectivity index is 1.73. The molecule has 0 aromatic rings. The van der Waals surface area contributed by atoms with Gasteiger partial charge in [-0.05, 0) is 37.0 Å². The molecule has 1 heteroatoms. The Morgan fingerprint density at radius 2 is 1.61 bits per heavy atom. The van der Waals surface area contributed by atoms with Crippen LogP contribution in [0.25, 0.3) is 0 Å². The van der Waals surface area contributed by atoms with Gasteiger partial charge in [0.05, 0.1) is 0 Å². The molecule has 2 rings (SSSR count). The Labute approximate surface area is 114 Å². The lowest BCUT2D eigenvalue weighted by Crippen LogP contribution is -2.37. The monoisotopic (exact) mass is 251 g/mol. The van der Waals surface area contributed by atoms with Crippen LogP contribution in [0, 0.1) is 17.8 Å². The molecule has 0 bridgehead atoms. The third-order valence-corrected chi connectivity index (χ3v) is 5.68. The molecule has 3 unspecified atom stereocenters. The topological polar surface area (TPSA) is 26.0 Å². The number of nitrogens with two attached hydrogens (primary N) is 1. The molecule has 0 aromatic heterocycles. The van der Waals surface area contributed by atoms with E-state index in [1.165, 1.54) is 77.0 Å². The molecule has 0 spiro atoms. The van der Waals surface area contributed by atoms with Crippen molar-refractivity contribution in [2.45, 2.75) is 90.0 Å². The summed E-state index contributed by atoms with van der Waals surface area (Å²) in [6.45, 7) is 2.36. The van der Waals surface area contributed by atoms with Crippen molar-refractivity contribution >= 4 is 0 Å². The minimum atomic E-state index is 0.497. The van der Waals surface area contributed by atoms with E-state index in [2.05, 4.69) is 6.92 Å². The van der Waals surface area contributed by atoms with E-state index >= 15 is 0 Å². The average Bonchev–Trinajstić information content (AvgIpc) is 2.45. The quantitative estimate of drug-likeness (QED) is 0.739. The third-order valence-electron chi connectivity index (χ3n) is 5.68. The Bertz CT molecular complexity index is 220. The van der Waals surface area contributed by atoms with Crippen LogP contribution < -0.4 is 5.73 Å². The van der Waals surface area contributed by atoms with Crippen LogP contribution in [0.3, 0.4) is 0 Å².